The first-order valence-corrected chi connectivity index (χ1v) is 6.51. The van der Waals surface area contributed by atoms with E-state index in [1.807, 2.05) is 7.05 Å². The molecule has 0 atom stereocenters. The van der Waals surface area contributed by atoms with Crippen molar-refractivity contribution in [3.8, 4) is 0 Å². The van der Waals surface area contributed by atoms with Crippen LogP contribution in [-0.2, 0) is 4.79 Å². The smallest absolute Gasteiger partial charge is 0.220 e. The molecule has 0 spiro atoms. The van der Waals surface area contributed by atoms with Crippen molar-refractivity contribution in [2.24, 2.45) is 0 Å². The highest BCUT2D eigenvalue weighted by atomic mass is 32.2. The first-order valence-electron chi connectivity index (χ1n) is 5.52. The molecular formula is C12H17FN2OS. The number of nitrogens with one attached hydrogen (secondary N) is 2. The predicted molar refractivity (Wildman–Crippen MR) is 68.7 cm³/mol. The maximum absolute atomic E-state index is 13.2. The molecule has 0 heterocycles. The van der Waals surface area contributed by atoms with E-state index in [2.05, 4.69) is 10.6 Å². The molecule has 0 aliphatic carbocycles. The average Bonchev–Trinajstić information content (AvgIpc) is 2.32. The summed E-state index contributed by atoms with van der Waals surface area (Å²) in [5.41, 5.74) is 0. The van der Waals surface area contributed by atoms with Crippen LogP contribution >= 0.6 is 11.8 Å². The van der Waals surface area contributed by atoms with Crippen LogP contribution in [0.3, 0.4) is 0 Å². The minimum Gasteiger partial charge on any atom is -0.355 e. The highest BCUT2D eigenvalue weighted by Gasteiger charge is 2.04. The van der Waals surface area contributed by atoms with E-state index in [-0.39, 0.29) is 11.7 Å². The third-order valence-corrected chi connectivity index (χ3v) is 3.17. The van der Waals surface area contributed by atoms with Crippen LogP contribution in [0.15, 0.2) is 29.2 Å². The Balaban J connectivity index is 2.19. The van der Waals surface area contributed by atoms with Gasteiger partial charge in [0.2, 0.25) is 5.91 Å². The van der Waals surface area contributed by atoms with Crippen molar-refractivity contribution in [2.75, 3.05) is 25.9 Å². The van der Waals surface area contributed by atoms with E-state index in [0.29, 0.717) is 23.6 Å². The molecule has 94 valence electrons. The topological polar surface area (TPSA) is 41.1 Å². The molecule has 0 radical (unpaired) electrons. The van der Waals surface area contributed by atoms with E-state index in [9.17, 15) is 9.18 Å². The number of carbonyl (C=O) groups is 1. The molecular weight excluding hydrogens is 239 g/mol. The van der Waals surface area contributed by atoms with Gasteiger partial charge in [0.25, 0.3) is 0 Å². The normalized spacial score (nSPS) is 10.2. The summed E-state index contributed by atoms with van der Waals surface area (Å²) in [6, 6.07) is 6.59. The number of amides is 1. The lowest BCUT2D eigenvalue weighted by atomic mass is 10.3. The minimum atomic E-state index is -0.229. The minimum absolute atomic E-state index is 0.00379. The average molecular weight is 256 g/mol. The van der Waals surface area contributed by atoms with Crippen molar-refractivity contribution in [3.05, 3.63) is 30.1 Å². The van der Waals surface area contributed by atoms with E-state index in [1.165, 1.54) is 17.8 Å². The molecule has 0 aliphatic rings. The molecule has 1 aromatic rings. The number of benzene rings is 1. The fraction of sp³-hybridized carbons (Fsp3) is 0.417. The highest BCUT2D eigenvalue weighted by Crippen LogP contribution is 2.21. The Labute approximate surface area is 105 Å². The molecule has 0 unspecified atom stereocenters. The van der Waals surface area contributed by atoms with Crippen molar-refractivity contribution in [2.45, 2.75) is 11.3 Å². The fourth-order valence-electron chi connectivity index (χ4n) is 1.23. The monoisotopic (exact) mass is 256 g/mol. The summed E-state index contributed by atoms with van der Waals surface area (Å²) in [5, 5.41) is 5.72. The third-order valence-electron chi connectivity index (χ3n) is 2.12. The van der Waals surface area contributed by atoms with Crippen LogP contribution in [0.2, 0.25) is 0 Å². The van der Waals surface area contributed by atoms with Crippen LogP contribution in [-0.4, -0.2) is 31.8 Å². The Morgan fingerprint density at radius 1 is 1.35 bits per heavy atom. The summed E-state index contributed by atoms with van der Waals surface area (Å²) in [4.78, 5) is 11.9. The Morgan fingerprint density at radius 3 is 2.82 bits per heavy atom. The van der Waals surface area contributed by atoms with Gasteiger partial charge in [0.05, 0.1) is 0 Å². The second kappa shape index (κ2) is 8.08. The second-order valence-electron chi connectivity index (χ2n) is 3.48. The zero-order chi connectivity index (χ0) is 12.5. The van der Waals surface area contributed by atoms with Gasteiger partial charge in [0.15, 0.2) is 0 Å². The summed E-state index contributed by atoms with van der Waals surface area (Å²) in [6.07, 6.45) is 0.405. The Morgan fingerprint density at radius 2 is 2.12 bits per heavy atom. The van der Waals surface area contributed by atoms with Crippen LogP contribution < -0.4 is 10.6 Å². The van der Waals surface area contributed by atoms with Gasteiger partial charge >= 0.3 is 0 Å². The van der Waals surface area contributed by atoms with Gasteiger partial charge in [-0.05, 0) is 19.2 Å². The third kappa shape index (κ3) is 5.70. The number of halogens is 1. The van der Waals surface area contributed by atoms with E-state index in [4.69, 9.17) is 0 Å². The first-order chi connectivity index (χ1) is 8.24. The number of hydrogen-bond donors (Lipinski definition) is 2. The van der Waals surface area contributed by atoms with Gasteiger partial charge in [-0.3, -0.25) is 4.79 Å². The number of rotatable bonds is 7. The van der Waals surface area contributed by atoms with E-state index in [0.717, 1.165) is 6.54 Å². The lowest BCUT2D eigenvalue weighted by Gasteiger charge is -2.05. The maximum atomic E-state index is 13.2. The zero-order valence-electron chi connectivity index (χ0n) is 9.83. The van der Waals surface area contributed by atoms with Gasteiger partial charge in [-0.2, -0.15) is 0 Å². The molecule has 0 aromatic heterocycles. The van der Waals surface area contributed by atoms with E-state index >= 15 is 0 Å². The maximum Gasteiger partial charge on any atom is 0.220 e. The van der Waals surface area contributed by atoms with Crippen molar-refractivity contribution in [1.29, 1.82) is 0 Å². The van der Waals surface area contributed by atoms with E-state index < -0.39 is 0 Å². The van der Waals surface area contributed by atoms with Crippen LogP contribution in [0.5, 0.6) is 0 Å². The van der Waals surface area contributed by atoms with Gasteiger partial charge in [-0.15, -0.1) is 11.8 Å². The van der Waals surface area contributed by atoms with Gasteiger partial charge in [-0.25, -0.2) is 4.39 Å². The number of carbonyl (C=O) groups excluding carboxylic acids is 1. The summed E-state index contributed by atoms with van der Waals surface area (Å²) in [6.45, 7) is 1.38. The molecule has 1 rings (SSSR count). The van der Waals surface area contributed by atoms with Crippen LogP contribution in [0, 0.1) is 5.82 Å². The summed E-state index contributed by atoms with van der Waals surface area (Å²) < 4.78 is 13.2. The standard InChI is InChI=1S/C12H17FN2OS/c1-14-7-8-15-12(16)6-9-17-11-5-3-2-4-10(11)13/h2-5,14H,6-9H2,1H3,(H,15,16). The molecule has 2 N–H and O–H groups in total. The van der Waals surface area contributed by atoms with Crippen LogP contribution in [0.25, 0.3) is 0 Å². The molecule has 0 aliphatic heterocycles. The van der Waals surface area contributed by atoms with Crippen molar-refractivity contribution in [1.82, 2.24) is 10.6 Å². The molecule has 1 aromatic carbocycles. The summed E-state index contributed by atoms with van der Waals surface area (Å²) >= 11 is 1.36. The van der Waals surface area contributed by atoms with Crippen LogP contribution in [0.1, 0.15) is 6.42 Å². The van der Waals surface area contributed by atoms with Gasteiger partial charge < -0.3 is 10.6 Å². The summed E-state index contributed by atoms with van der Waals surface area (Å²) in [7, 11) is 1.83. The first kappa shape index (κ1) is 14.0. The van der Waals surface area contributed by atoms with Gasteiger partial charge in [-0.1, -0.05) is 12.1 Å². The molecule has 0 saturated heterocycles. The molecule has 0 bridgehead atoms. The molecule has 17 heavy (non-hydrogen) atoms. The van der Waals surface area contributed by atoms with Crippen LogP contribution in [0.4, 0.5) is 4.39 Å². The largest absolute Gasteiger partial charge is 0.355 e. The van der Waals surface area contributed by atoms with Crippen molar-refractivity contribution >= 4 is 17.7 Å². The lowest BCUT2D eigenvalue weighted by molar-refractivity contribution is -0.120. The second-order valence-corrected chi connectivity index (χ2v) is 4.62. The van der Waals surface area contributed by atoms with Gasteiger partial charge in [0.1, 0.15) is 5.82 Å². The Bertz CT molecular complexity index is 360. The number of likely N-dealkylation sites (N-methyl/N-ethyl adjacent to an activating group) is 1. The predicted octanol–water partition coefficient (Wildman–Crippen LogP) is 1.64. The Kier molecular flexibility index (Phi) is 6.65. The van der Waals surface area contributed by atoms with Crippen molar-refractivity contribution in [3.63, 3.8) is 0 Å². The molecule has 5 heteroatoms. The molecule has 0 saturated carbocycles. The van der Waals surface area contributed by atoms with E-state index in [1.54, 1.807) is 18.2 Å². The lowest BCUT2D eigenvalue weighted by Crippen LogP contribution is -2.30. The quantitative estimate of drug-likeness (QED) is 0.575. The Hall–Kier alpha value is -1.07. The fourth-order valence-corrected chi connectivity index (χ4v) is 2.12. The highest BCUT2D eigenvalue weighted by molar-refractivity contribution is 7.99. The van der Waals surface area contributed by atoms with Crippen molar-refractivity contribution < 1.29 is 9.18 Å². The number of thioether (sulfide) groups is 1. The molecule has 1 amide bonds. The molecule has 0 fully saturated rings. The summed E-state index contributed by atoms with van der Waals surface area (Å²) in [5.74, 6) is 0.365. The SMILES string of the molecule is CNCCNC(=O)CCSc1ccccc1F. The zero-order valence-corrected chi connectivity index (χ0v) is 10.6. The molecule has 3 nitrogen and oxygen atoms in total. The number of hydrogen-bond acceptors (Lipinski definition) is 3. The van der Waals surface area contributed by atoms with Gasteiger partial charge in [0, 0.05) is 30.2 Å².